The number of nitrogens with zero attached hydrogens (tertiary/aromatic N) is 1. The molecule has 0 N–H and O–H groups in total. The monoisotopic (exact) mass is 276 g/mol. The molecule has 0 aliphatic carbocycles. The molecular weight excluding hydrogens is 277 g/mol. The van der Waals surface area contributed by atoms with Crippen LogP contribution in [-0.4, -0.2) is 7.28 Å². The van der Waals surface area contributed by atoms with E-state index < -0.39 is 0 Å². The maximum Gasteiger partial charge on any atom is 0.294 e. The molecule has 1 nitrogen and oxygen atoms in total. The summed E-state index contributed by atoms with van der Waals surface area (Å²) in [5.74, 6) is 1.97. The lowest BCUT2D eigenvalue weighted by atomic mass is 9.74. The molecule has 1 aromatic rings. The van der Waals surface area contributed by atoms with Gasteiger partial charge in [0.25, 0.3) is 7.28 Å². The van der Waals surface area contributed by atoms with E-state index in [9.17, 15) is 0 Å². The predicted molar refractivity (Wildman–Crippen MR) is 50.7 cm³/mol. The Hall–Kier alpha value is 0.215. The number of hydrogen-bond donors (Lipinski definition) is 0. The Balaban J connectivity index is 2.94. The van der Waals surface area contributed by atoms with Crippen LogP contribution >= 0.6 is 43.2 Å². The van der Waals surface area contributed by atoms with Crippen LogP contribution in [0.4, 0.5) is 0 Å². The first-order chi connectivity index (χ1) is 4.74. The highest BCUT2D eigenvalue weighted by Crippen LogP contribution is 2.24. The summed E-state index contributed by atoms with van der Waals surface area (Å²) in [6, 6.07) is 1.90. The maximum absolute atomic E-state index is 8.32. The summed E-state index contributed by atoms with van der Waals surface area (Å²) in [4.78, 5) is 0. The van der Waals surface area contributed by atoms with Crippen molar-refractivity contribution in [3.8, 4) is 5.97 Å². The third kappa shape index (κ3) is 1.85. The normalized spacial score (nSPS) is 8.90. The Bertz CT molecular complexity index is 278. The van der Waals surface area contributed by atoms with Gasteiger partial charge in [0.05, 0.1) is 7.57 Å². The van der Waals surface area contributed by atoms with Crippen LogP contribution in [0.25, 0.3) is 0 Å². The van der Waals surface area contributed by atoms with E-state index in [1.54, 1.807) is 11.3 Å². The summed E-state index contributed by atoms with van der Waals surface area (Å²) in [6.07, 6.45) is 0. The Morgan fingerprint density at radius 1 is 1.60 bits per heavy atom. The SMILES string of the molecule is N#C[B]c1cc(Br)sc1Br. The summed E-state index contributed by atoms with van der Waals surface area (Å²) >= 11 is 8.20. The number of thiophene rings is 1. The van der Waals surface area contributed by atoms with Gasteiger partial charge in [0, 0.05) is 5.97 Å². The Labute approximate surface area is 80.6 Å². The van der Waals surface area contributed by atoms with E-state index in [2.05, 4.69) is 31.9 Å². The van der Waals surface area contributed by atoms with Gasteiger partial charge < -0.3 is 0 Å². The predicted octanol–water partition coefficient (Wildman–Crippen LogP) is 2.08. The van der Waals surface area contributed by atoms with Gasteiger partial charge in [-0.15, -0.1) is 11.3 Å². The van der Waals surface area contributed by atoms with E-state index in [0.717, 1.165) is 13.0 Å². The average Bonchev–Trinajstić information content (AvgIpc) is 2.13. The van der Waals surface area contributed by atoms with Crippen molar-refractivity contribution < 1.29 is 0 Å². The zero-order valence-electron chi connectivity index (χ0n) is 4.77. The number of rotatable bonds is 1. The first-order valence-electron chi connectivity index (χ1n) is 2.41. The van der Waals surface area contributed by atoms with E-state index >= 15 is 0 Å². The summed E-state index contributed by atoms with van der Waals surface area (Å²) in [6.45, 7) is 0. The molecule has 0 atom stereocenters. The number of halogens is 2. The van der Waals surface area contributed by atoms with E-state index in [4.69, 9.17) is 5.26 Å². The molecule has 49 valence electrons. The first kappa shape index (κ1) is 8.31. The molecule has 10 heavy (non-hydrogen) atoms. The molecule has 0 saturated heterocycles. The van der Waals surface area contributed by atoms with E-state index in [1.165, 1.54) is 7.28 Å². The van der Waals surface area contributed by atoms with Crippen molar-refractivity contribution in [1.82, 2.24) is 0 Å². The van der Waals surface area contributed by atoms with Crippen LogP contribution in [0.15, 0.2) is 13.6 Å². The van der Waals surface area contributed by atoms with E-state index in [-0.39, 0.29) is 0 Å². The second-order valence-electron chi connectivity index (χ2n) is 1.55. The van der Waals surface area contributed by atoms with Gasteiger partial charge in [-0.05, 0) is 43.4 Å². The summed E-state index contributed by atoms with van der Waals surface area (Å²) in [7, 11) is 1.51. The van der Waals surface area contributed by atoms with Crippen LogP contribution < -0.4 is 5.46 Å². The smallest absolute Gasteiger partial charge is 0.213 e. The van der Waals surface area contributed by atoms with E-state index in [0.29, 0.717) is 0 Å². The molecule has 0 spiro atoms. The minimum Gasteiger partial charge on any atom is -0.213 e. The van der Waals surface area contributed by atoms with Gasteiger partial charge in [0.2, 0.25) is 0 Å². The molecule has 1 aromatic heterocycles. The highest BCUT2D eigenvalue weighted by atomic mass is 79.9. The van der Waals surface area contributed by atoms with E-state index in [1.807, 2.05) is 12.0 Å². The summed E-state index contributed by atoms with van der Waals surface area (Å²) in [5.41, 5.74) is 0.930. The molecule has 1 heterocycles. The molecule has 0 fully saturated rings. The van der Waals surface area contributed by atoms with Crippen LogP contribution in [0.3, 0.4) is 0 Å². The van der Waals surface area contributed by atoms with Crippen LogP contribution in [0.1, 0.15) is 0 Å². The van der Waals surface area contributed by atoms with Gasteiger partial charge in [-0.2, -0.15) is 0 Å². The highest BCUT2D eigenvalue weighted by Gasteiger charge is 2.04. The van der Waals surface area contributed by atoms with Gasteiger partial charge in [-0.3, -0.25) is 0 Å². The fourth-order valence-corrected chi connectivity index (χ4v) is 3.25. The van der Waals surface area contributed by atoms with Crippen molar-refractivity contribution in [3.63, 3.8) is 0 Å². The lowest BCUT2D eigenvalue weighted by Gasteiger charge is -1.81. The molecule has 0 saturated carbocycles. The molecule has 5 heteroatoms. The fraction of sp³-hybridized carbons (Fsp3) is 0. The standard InChI is InChI=1S/C5HBBr2NS/c7-4-1-3(6-2-9)5(8)10-4/h1H. The molecule has 0 aliphatic rings. The zero-order chi connectivity index (χ0) is 7.56. The van der Waals surface area contributed by atoms with Gasteiger partial charge in [0.15, 0.2) is 0 Å². The number of hydrogen-bond acceptors (Lipinski definition) is 2. The molecule has 0 aromatic carbocycles. The van der Waals surface area contributed by atoms with Crippen molar-refractivity contribution in [3.05, 3.63) is 13.6 Å². The Morgan fingerprint density at radius 2 is 2.30 bits per heavy atom. The minimum absolute atomic E-state index is 0.930. The van der Waals surface area contributed by atoms with Gasteiger partial charge in [-0.25, -0.2) is 5.26 Å². The van der Waals surface area contributed by atoms with Crippen molar-refractivity contribution in [2.45, 2.75) is 0 Å². The second-order valence-corrected chi connectivity index (χ2v) is 5.30. The van der Waals surface area contributed by atoms with Crippen LogP contribution in [0.2, 0.25) is 0 Å². The van der Waals surface area contributed by atoms with Gasteiger partial charge in [0.1, 0.15) is 0 Å². The maximum atomic E-state index is 8.32. The largest absolute Gasteiger partial charge is 0.294 e. The van der Waals surface area contributed by atoms with Crippen LogP contribution in [-0.2, 0) is 0 Å². The minimum atomic E-state index is 0.930. The van der Waals surface area contributed by atoms with Crippen molar-refractivity contribution in [1.29, 1.82) is 5.26 Å². The molecule has 1 rings (SSSR count). The van der Waals surface area contributed by atoms with Crippen molar-refractivity contribution in [2.24, 2.45) is 0 Å². The van der Waals surface area contributed by atoms with Gasteiger partial charge in [-0.1, -0.05) is 0 Å². The van der Waals surface area contributed by atoms with Crippen molar-refractivity contribution >= 4 is 55.9 Å². The third-order valence-corrected chi connectivity index (χ3v) is 3.29. The van der Waals surface area contributed by atoms with Crippen LogP contribution in [0.5, 0.6) is 0 Å². The molecule has 0 bridgehead atoms. The second kappa shape index (κ2) is 3.56. The zero-order valence-corrected chi connectivity index (χ0v) is 8.75. The summed E-state index contributed by atoms with van der Waals surface area (Å²) in [5, 5.41) is 8.32. The van der Waals surface area contributed by atoms with Gasteiger partial charge >= 0.3 is 0 Å². The number of nitriles is 1. The first-order valence-corrected chi connectivity index (χ1v) is 4.82. The highest BCUT2D eigenvalue weighted by molar-refractivity contribution is 9.12. The topological polar surface area (TPSA) is 23.8 Å². The quantitative estimate of drug-likeness (QED) is 0.721. The molecule has 0 aliphatic heterocycles. The molecule has 0 unspecified atom stereocenters. The lowest BCUT2D eigenvalue weighted by Crippen LogP contribution is -2.09. The molecule has 0 amide bonds. The fourth-order valence-electron chi connectivity index (χ4n) is 0.521. The Kier molecular flexibility index (Phi) is 2.96. The molecular formula is C5HBBr2NS. The molecule has 1 radical (unpaired) electrons. The summed E-state index contributed by atoms with van der Waals surface area (Å²) < 4.78 is 2.02. The lowest BCUT2D eigenvalue weighted by molar-refractivity contribution is 1.56. The Morgan fingerprint density at radius 3 is 2.70 bits per heavy atom. The van der Waals surface area contributed by atoms with Crippen molar-refractivity contribution in [2.75, 3.05) is 0 Å². The average molecular weight is 278 g/mol. The third-order valence-electron chi connectivity index (χ3n) is 0.903. The van der Waals surface area contributed by atoms with Crippen LogP contribution in [0, 0.1) is 11.2 Å².